The molecule has 3 aromatic heterocycles. The Morgan fingerprint density at radius 1 is 0.385 bits per heavy atom. The fourth-order valence-electron chi connectivity index (χ4n) is 5.14. The van der Waals surface area contributed by atoms with Crippen LogP contribution < -0.4 is 0 Å². The minimum absolute atomic E-state index is 0.551. The van der Waals surface area contributed by atoms with E-state index in [2.05, 4.69) is 146 Å². The molecule has 3 N–H and O–H groups in total. The molecular formula is C45H89N7. The number of H-pyrrole nitrogens is 3. The highest BCUT2D eigenvalue weighted by Crippen LogP contribution is 2.25. The summed E-state index contributed by atoms with van der Waals surface area (Å²) in [5.74, 6) is 4.68. The van der Waals surface area contributed by atoms with E-state index in [9.17, 15) is 0 Å². The molecule has 0 fully saturated rings. The molecule has 0 spiro atoms. The summed E-state index contributed by atoms with van der Waals surface area (Å²) in [6.45, 7) is 52.1. The number of hydrogen-bond acceptors (Lipinski definition) is 4. The Morgan fingerprint density at radius 2 is 0.654 bits per heavy atom. The Labute approximate surface area is 324 Å². The lowest BCUT2D eigenvalue weighted by molar-refractivity contribution is 0.712. The lowest BCUT2D eigenvalue weighted by Crippen LogP contribution is -2.03. The molecule has 0 unspecified atom stereocenters. The molecule has 3 aromatic rings. The summed E-state index contributed by atoms with van der Waals surface area (Å²) in [4.78, 5) is 4.29. The molecule has 0 aromatic carbocycles. The zero-order chi connectivity index (χ0) is 41.7. The van der Waals surface area contributed by atoms with Crippen molar-refractivity contribution in [1.82, 2.24) is 30.6 Å². The van der Waals surface area contributed by atoms with Crippen LogP contribution in [0.25, 0.3) is 0 Å². The number of aliphatic imine (C=N–C) groups is 1. The molecule has 4 rings (SSSR count). The van der Waals surface area contributed by atoms with Crippen LogP contribution in [0.5, 0.6) is 0 Å². The smallest absolute Gasteiger partial charge is 0.0608 e. The largest absolute Gasteiger partial charge is 0.288 e. The van der Waals surface area contributed by atoms with E-state index >= 15 is 0 Å². The summed E-state index contributed by atoms with van der Waals surface area (Å²) >= 11 is 0. The molecule has 0 aliphatic carbocycles. The number of aromatic nitrogens is 6. The third-order valence-corrected chi connectivity index (χ3v) is 7.88. The molecule has 7 heteroatoms. The first-order valence-electron chi connectivity index (χ1n) is 20.8. The fraction of sp³-hybridized carbons (Fsp3) is 0.733. The molecule has 304 valence electrons. The van der Waals surface area contributed by atoms with Crippen molar-refractivity contribution in [2.45, 2.75) is 202 Å². The van der Waals surface area contributed by atoms with Gasteiger partial charge in [0.15, 0.2) is 0 Å². The molecule has 0 bridgehead atoms. The Morgan fingerprint density at radius 3 is 0.808 bits per heavy atom. The van der Waals surface area contributed by atoms with Gasteiger partial charge < -0.3 is 0 Å². The standard InChI is InChI=1S/C10H17N.3C9H16N2.4C2H6/c1-7(2)9-5-11-6-10(9)8(3)4;3*1-6(2)8-5-10-11-9(8)7(3)4;4*1-2/h5,7-8H,6H2,1-4H3;3*5-7H,1-4H3,(H,10,11);4*1-2H3. The Bertz CT molecular complexity index is 1080. The SMILES string of the molecule is CC.CC.CC.CC.CC(C)C1=C(C(C)C)CN=C1.CC(C)c1cn[nH]c1C(C)C.CC(C)c1cn[nH]c1C(C)C.CC(C)c1cn[nH]c1C(C)C. The van der Waals surface area contributed by atoms with Gasteiger partial charge in [0.1, 0.15) is 0 Å². The zero-order valence-corrected chi connectivity index (χ0v) is 38.9. The summed E-state index contributed by atoms with van der Waals surface area (Å²) in [6.07, 6.45) is 7.83. The van der Waals surface area contributed by atoms with Gasteiger partial charge in [0.2, 0.25) is 0 Å². The maximum Gasteiger partial charge on any atom is 0.0608 e. The average molecular weight is 728 g/mol. The molecule has 0 saturated carbocycles. The van der Waals surface area contributed by atoms with Gasteiger partial charge in [0, 0.05) is 23.3 Å². The van der Waals surface area contributed by atoms with Crippen LogP contribution in [0, 0.1) is 11.8 Å². The monoisotopic (exact) mass is 728 g/mol. The van der Waals surface area contributed by atoms with Crippen molar-refractivity contribution in [2.24, 2.45) is 16.8 Å². The van der Waals surface area contributed by atoms with Crippen molar-refractivity contribution in [1.29, 1.82) is 0 Å². The molecular weight excluding hydrogens is 639 g/mol. The van der Waals surface area contributed by atoms with Crippen LogP contribution in [-0.2, 0) is 0 Å². The number of aromatic amines is 3. The molecule has 1 aliphatic rings. The van der Waals surface area contributed by atoms with E-state index < -0.39 is 0 Å². The minimum atomic E-state index is 0.551. The molecule has 7 nitrogen and oxygen atoms in total. The third-order valence-electron chi connectivity index (χ3n) is 7.88. The van der Waals surface area contributed by atoms with E-state index in [1.165, 1.54) is 44.9 Å². The quantitative estimate of drug-likeness (QED) is 0.215. The first kappa shape index (κ1) is 55.8. The average Bonchev–Trinajstić information content (AvgIpc) is 3.95. The van der Waals surface area contributed by atoms with E-state index in [-0.39, 0.29) is 0 Å². The molecule has 0 saturated heterocycles. The number of rotatable bonds is 8. The maximum atomic E-state index is 4.29. The van der Waals surface area contributed by atoms with Crippen molar-refractivity contribution >= 4 is 6.21 Å². The van der Waals surface area contributed by atoms with Crippen molar-refractivity contribution in [3.05, 3.63) is 63.5 Å². The Balaban J connectivity index is -0.000000277. The predicted octanol–water partition coefficient (Wildman–Crippen LogP) is 14.8. The summed E-state index contributed by atoms with van der Waals surface area (Å²) in [5.41, 5.74) is 10.9. The van der Waals surface area contributed by atoms with Crippen LogP contribution in [-0.4, -0.2) is 43.4 Å². The van der Waals surface area contributed by atoms with Gasteiger partial charge in [0.05, 0.1) is 25.1 Å². The van der Waals surface area contributed by atoms with Gasteiger partial charge in [-0.15, -0.1) is 0 Å². The van der Waals surface area contributed by atoms with E-state index in [1.807, 2.05) is 80.2 Å². The normalized spacial score (nSPS) is 11.5. The Hall–Kier alpha value is -2.96. The summed E-state index contributed by atoms with van der Waals surface area (Å²) < 4.78 is 0. The first-order chi connectivity index (χ1) is 24.5. The van der Waals surface area contributed by atoms with Crippen LogP contribution in [0.15, 0.2) is 34.7 Å². The second-order valence-corrected chi connectivity index (χ2v) is 14.4. The number of allylic oxidation sites excluding steroid dienone is 1. The van der Waals surface area contributed by atoms with Gasteiger partial charge in [0.25, 0.3) is 0 Å². The van der Waals surface area contributed by atoms with Crippen molar-refractivity contribution < 1.29 is 0 Å². The molecule has 1 aliphatic heterocycles. The third kappa shape index (κ3) is 20.9. The summed E-state index contributed by atoms with van der Waals surface area (Å²) in [6, 6.07) is 0. The number of hydrogen-bond donors (Lipinski definition) is 3. The van der Waals surface area contributed by atoms with Gasteiger partial charge in [-0.2, -0.15) is 15.3 Å². The van der Waals surface area contributed by atoms with Crippen LogP contribution in [0.2, 0.25) is 0 Å². The van der Waals surface area contributed by atoms with Crippen LogP contribution in [0.1, 0.15) is 235 Å². The molecule has 0 atom stereocenters. The van der Waals surface area contributed by atoms with E-state index in [0.717, 1.165) is 6.54 Å². The second kappa shape index (κ2) is 32.7. The van der Waals surface area contributed by atoms with Crippen molar-refractivity contribution in [2.75, 3.05) is 6.54 Å². The maximum absolute atomic E-state index is 4.29. The van der Waals surface area contributed by atoms with E-state index in [0.29, 0.717) is 47.3 Å². The molecule has 0 amide bonds. The molecule has 52 heavy (non-hydrogen) atoms. The van der Waals surface area contributed by atoms with E-state index in [1.54, 1.807) is 0 Å². The second-order valence-electron chi connectivity index (χ2n) is 14.4. The van der Waals surface area contributed by atoms with Crippen LogP contribution >= 0.6 is 0 Å². The van der Waals surface area contributed by atoms with Gasteiger partial charge >= 0.3 is 0 Å². The van der Waals surface area contributed by atoms with Crippen LogP contribution in [0.3, 0.4) is 0 Å². The summed E-state index contributed by atoms with van der Waals surface area (Å²) in [5, 5.41) is 21.2. The zero-order valence-electron chi connectivity index (χ0n) is 38.9. The van der Waals surface area contributed by atoms with Gasteiger partial charge in [-0.1, -0.05) is 166 Å². The van der Waals surface area contributed by atoms with Gasteiger partial charge in [-0.25, -0.2) is 0 Å². The predicted molar refractivity (Wildman–Crippen MR) is 236 cm³/mol. The lowest BCUT2D eigenvalue weighted by atomic mass is 9.93. The summed E-state index contributed by atoms with van der Waals surface area (Å²) in [7, 11) is 0. The van der Waals surface area contributed by atoms with Gasteiger partial charge in [-0.05, 0) is 75.2 Å². The fourth-order valence-corrected chi connectivity index (χ4v) is 5.14. The molecule has 0 radical (unpaired) electrons. The lowest BCUT2D eigenvalue weighted by Gasteiger charge is -2.11. The number of nitrogens with zero attached hydrogens (tertiary/aromatic N) is 4. The van der Waals surface area contributed by atoms with Crippen LogP contribution in [0.4, 0.5) is 0 Å². The van der Waals surface area contributed by atoms with E-state index in [4.69, 9.17) is 0 Å². The highest BCUT2D eigenvalue weighted by molar-refractivity contribution is 5.83. The highest BCUT2D eigenvalue weighted by Gasteiger charge is 2.16. The minimum Gasteiger partial charge on any atom is -0.288 e. The highest BCUT2D eigenvalue weighted by atomic mass is 15.1. The van der Waals surface area contributed by atoms with Gasteiger partial charge in [-0.3, -0.25) is 20.3 Å². The Kier molecular flexibility index (Phi) is 35.1. The first-order valence-corrected chi connectivity index (χ1v) is 20.8. The number of nitrogens with one attached hydrogen (secondary N) is 3. The topological polar surface area (TPSA) is 98.4 Å². The van der Waals surface area contributed by atoms with Crippen molar-refractivity contribution in [3.8, 4) is 0 Å². The molecule has 4 heterocycles. The van der Waals surface area contributed by atoms with Crippen molar-refractivity contribution in [3.63, 3.8) is 0 Å².